The van der Waals surface area contributed by atoms with Gasteiger partial charge in [-0.1, -0.05) is 0 Å². The molecular formula is C16H14N4OS. The normalized spacial score (nSPS) is 11.4. The van der Waals surface area contributed by atoms with Crippen molar-refractivity contribution in [3.8, 4) is 17.3 Å². The van der Waals surface area contributed by atoms with Crippen LogP contribution in [0, 0.1) is 13.8 Å². The Morgan fingerprint density at radius 1 is 1.05 bits per heavy atom. The number of aryl methyl sites for hydroxylation is 2. The van der Waals surface area contributed by atoms with Crippen molar-refractivity contribution in [2.45, 2.75) is 13.8 Å². The molecule has 4 heterocycles. The fourth-order valence-corrected chi connectivity index (χ4v) is 3.40. The highest BCUT2D eigenvalue weighted by Gasteiger charge is 2.17. The van der Waals surface area contributed by atoms with Crippen LogP contribution in [0.4, 0.5) is 0 Å². The predicted molar refractivity (Wildman–Crippen MR) is 87.6 cm³/mol. The van der Waals surface area contributed by atoms with Gasteiger partial charge in [0.2, 0.25) is 5.88 Å². The number of imidazole rings is 1. The minimum absolute atomic E-state index is 0.571. The maximum atomic E-state index is 5.27. The van der Waals surface area contributed by atoms with E-state index in [1.54, 1.807) is 18.4 Å². The fraction of sp³-hybridized carbons (Fsp3) is 0.188. The number of nitrogens with zero attached hydrogens (tertiary/aromatic N) is 4. The third-order valence-electron chi connectivity index (χ3n) is 3.71. The lowest BCUT2D eigenvalue weighted by molar-refractivity contribution is 0.399. The molecule has 0 aliphatic rings. The predicted octanol–water partition coefficient (Wildman–Crippen LogP) is 3.63. The molecule has 0 bridgehead atoms. The molecule has 4 aromatic rings. The molecule has 0 atom stereocenters. The van der Waals surface area contributed by atoms with E-state index in [1.165, 1.54) is 0 Å². The van der Waals surface area contributed by atoms with Gasteiger partial charge in [-0.3, -0.25) is 4.40 Å². The first kappa shape index (κ1) is 13.2. The van der Waals surface area contributed by atoms with E-state index in [1.807, 2.05) is 26.0 Å². The van der Waals surface area contributed by atoms with E-state index in [4.69, 9.17) is 9.72 Å². The number of pyridine rings is 1. The molecule has 0 spiro atoms. The van der Waals surface area contributed by atoms with E-state index in [0.29, 0.717) is 5.88 Å². The number of fused-ring (bicyclic) bond motifs is 3. The number of aromatic nitrogens is 4. The van der Waals surface area contributed by atoms with Gasteiger partial charge < -0.3 is 4.74 Å². The molecule has 0 aliphatic carbocycles. The number of ether oxygens (including phenoxy) is 1. The monoisotopic (exact) mass is 310 g/mol. The van der Waals surface area contributed by atoms with Crippen LogP contribution < -0.4 is 4.74 Å². The first-order valence-corrected chi connectivity index (χ1v) is 7.86. The molecule has 0 N–H and O–H groups in total. The van der Waals surface area contributed by atoms with Crippen LogP contribution in [-0.4, -0.2) is 26.5 Å². The SMILES string of the molecule is COc1ccc2nc(C)c3c(C)nc(-c4ccsc4)n3c2n1. The third kappa shape index (κ3) is 1.80. The first-order valence-electron chi connectivity index (χ1n) is 6.92. The van der Waals surface area contributed by atoms with Crippen molar-refractivity contribution in [3.05, 3.63) is 40.3 Å². The van der Waals surface area contributed by atoms with Gasteiger partial charge in [0.25, 0.3) is 0 Å². The molecule has 0 aliphatic heterocycles. The number of methoxy groups -OCH3 is 1. The molecule has 4 aromatic heterocycles. The van der Waals surface area contributed by atoms with E-state index in [-0.39, 0.29) is 0 Å². The Balaban J connectivity index is 2.22. The molecule has 0 aromatic carbocycles. The maximum absolute atomic E-state index is 5.27. The van der Waals surface area contributed by atoms with E-state index in [9.17, 15) is 0 Å². The van der Waals surface area contributed by atoms with Crippen LogP contribution in [0.25, 0.3) is 28.1 Å². The molecule has 0 saturated heterocycles. The van der Waals surface area contributed by atoms with Crippen LogP contribution in [0.15, 0.2) is 29.0 Å². The quantitative estimate of drug-likeness (QED) is 0.567. The topological polar surface area (TPSA) is 52.3 Å². The molecule has 0 fully saturated rings. The van der Waals surface area contributed by atoms with Gasteiger partial charge in [0.15, 0.2) is 5.65 Å². The van der Waals surface area contributed by atoms with Crippen molar-refractivity contribution in [2.75, 3.05) is 7.11 Å². The van der Waals surface area contributed by atoms with Crippen LogP contribution in [0.2, 0.25) is 0 Å². The zero-order valence-electron chi connectivity index (χ0n) is 12.5. The van der Waals surface area contributed by atoms with Gasteiger partial charge >= 0.3 is 0 Å². The van der Waals surface area contributed by atoms with Gasteiger partial charge in [0, 0.05) is 17.0 Å². The Morgan fingerprint density at radius 3 is 2.59 bits per heavy atom. The molecule has 0 radical (unpaired) electrons. The maximum Gasteiger partial charge on any atom is 0.215 e. The van der Waals surface area contributed by atoms with Gasteiger partial charge in [-0.25, -0.2) is 9.97 Å². The van der Waals surface area contributed by atoms with Crippen molar-refractivity contribution in [1.29, 1.82) is 0 Å². The van der Waals surface area contributed by atoms with Gasteiger partial charge in [-0.2, -0.15) is 16.3 Å². The van der Waals surface area contributed by atoms with Crippen molar-refractivity contribution in [2.24, 2.45) is 0 Å². The summed E-state index contributed by atoms with van der Waals surface area (Å²) in [5.41, 5.74) is 5.60. The molecule has 4 rings (SSSR count). The van der Waals surface area contributed by atoms with Crippen molar-refractivity contribution < 1.29 is 4.74 Å². The minimum Gasteiger partial charge on any atom is -0.481 e. The number of thiophene rings is 1. The van der Waals surface area contributed by atoms with Crippen molar-refractivity contribution in [3.63, 3.8) is 0 Å². The number of hydrogen-bond acceptors (Lipinski definition) is 5. The van der Waals surface area contributed by atoms with Gasteiger partial charge in [-0.15, -0.1) is 0 Å². The second-order valence-corrected chi connectivity index (χ2v) is 5.89. The lowest BCUT2D eigenvalue weighted by Crippen LogP contribution is -2.00. The Bertz CT molecular complexity index is 989. The molecule has 110 valence electrons. The van der Waals surface area contributed by atoms with E-state index in [0.717, 1.165) is 39.5 Å². The Labute approximate surface area is 131 Å². The second kappa shape index (κ2) is 4.78. The number of hydrogen-bond donors (Lipinski definition) is 0. The van der Waals surface area contributed by atoms with Crippen LogP contribution >= 0.6 is 11.3 Å². The number of rotatable bonds is 2. The van der Waals surface area contributed by atoms with Gasteiger partial charge in [0.1, 0.15) is 11.3 Å². The standard InChI is InChI=1S/C16H14N4OS/c1-9-14-10(2)18-15(11-6-7-22-8-11)20(14)16-12(17-9)4-5-13(19-16)21-3/h4-8H,1-3H3. The molecular weight excluding hydrogens is 296 g/mol. The van der Waals surface area contributed by atoms with E-state index in [2.05, 4.69) is 31.2 Å². The molecule has 6 heteroatoms. The summed E-state index contributed by atoms with van der Waals surface area (Å²) in [4.78, 5) is 14.0. The van der Waals surface area contributed by atoms with E-state index < -0.39 is 0 Å². The molecule has 5 nitrogen and oxygen atoms in total. The largest absolute Gasteiger partial charge is 0.481 e. The first-order chi connectivity index (χ1) is 10.7. The summed E-state index contributed by atoms with van der Waals surface area (Å²) in [7, 11) is 1.62. The lowest BCUT2D eigenvalue weighted by Gasteiger charge is -2.08. The van der Waals surface area contributed by atoms with Crippen LogP contribution in [-0.2, 0) is 0 Å². The summed E-state index contributed by atoms with van der Waals surface area (Å²) >= 11 is 1.66. The summed E-state index contributed by atoms with van der Waals surface area (Å²) in [6, 6.07) is 5.83. The molecule has 0 amide bonds. The third-order valence-corrected chi connectivity index (χ3v) is 4.40. The highest BCUT2D eigenvalue weighted by atomic mass is 32.1. The summed E-state index contributed by atoms with van der Waals surface area (Å²) in [5, 5.41) is 4.14. The molecule has 0 unspecified atom stereocenters. The summed E-state index contributed by atoms with van der Waals surface area (Å²) in [6.07, 6.45) is 0. The summed E-state index contributed by atoms with van der Waals surface area (Å²) in [6.45, 7) is 4.01. The van der Waals surface area contributed by atoms with Crippen molar-refractivity contribution >= 4 is 28.0 Å². The summed E-state index contributed by atoms with van der Waals surface area (Å²) in [5.74, 6) is 1.46. The summed E-state index contributed by atoms with van der Waals surface area (Å²) < 4.78 is 7.35. The Hall–Kier alpha value is -2.47. The van der Waals surface area contributed by atoms with Gasteiger partial charge in [-0.05, 0) is 31.4 Å². The lowest BCUT2D eigenvalue weighted by atomic mass is 10.3. The average Bonchev–Trinajstić information content (AvgIpc) is 3.15. The molecule has 0 saturated carbocycles. The fourth-order valence-electron chi connectivity index (χ4n) is 2.77. The molecule has 22 heavy (non-hydrogen) atoms. The second-order valence-electron chi connectivity index (χ2n) is 5.11. The Morgan fingerprint density at radius 2 is 1.86 bits per heavy atom. The van der Waals surface area contributed by atoms with Crippen LogP contribution in [0.5, 0.6) is 5.88 Å². The highest BCUT2D eigenvalue weighted by Crippen LogP contribution is 2.29. The van der Waals surface area contributed by atoms with Crippen LogP contribution in [0.1, 0.15) is 11.4 Å². The smallest absolute Gasteiger partial charge is 0.215 e. The minimum atomic E-state index is 0.571. The average molecular weight is 310 g/mol. The van der Waals surface area contributed by atoms with E-state index >= 15 is 0 Å². The van der Waals surface area contributed by atoms with Crippen molar-refractivity contribution in [1.82, 2.24) is 19.4 Å². The van der Waals surface area contributed by atoms with Crippen LogP contribution in [0.3, 0.4) is 0 Å². The van der Waals surface area contributed by atoms with Gasteiger partial charge in [0.05, 0.1) is 24.0 Å². The zero-order valence-corrected chi connectivity index (χ0v) is 13.3. The zero-order chi connectivity index (χ0) is 15.3. The highest BCUT2D eigenvalue weighted by molar-refractivity contribution is 7.08. The Kier molecular flexibility index (Phi) is 2.87.